The molecule has 0 saturated heterocycles. The molecule has 2 unspecified atom stereocenters. The van der Waals surface area contributed by atoms with Crippen molar-refractivity contribution in [3.05, 3.63) is 0 Å². The molecule has 0 aliphatic heterocycles. The third-order valence-corrected chi connectivity index (χ3v) is 4.64. The van der Waals surface area contributed by atoms with Gasteiger partial charge in [0.1, 0.15) is 0 Å². The molecule has 0 aliphatic rings. The molecule has 24 heavy (non-hydrogen) atoms. The lowest BCUT2D eigenvalue weighted by Gasteiger charge is -2.32. The van der Waals surface area contributed by atoms with Crippen LogP contribution in [0.15, 0.2) is 0 Å². The molecule has 6 nitrogen and oxygen atoms in total. The van der Waals surface area contributed by atoms with Crippen molar-refractivity contribution in [1.82, 2.24) is 0 Å². The number of aliphatic hydroxyl groups is 4. The summed E-state index contributed by atoms with van der Waals surface area (Å²) >= 11 is 0. The smallest absolute Gasteiger partial charge is 0.309 e. The summed E-state index contributed by atoms with van der Waals surface area (Å²) < 4.78 is 0. The van der Waals surface area contributed by atoms with Crippen LogP contribution < -0.4 is 0 Å². The van der Waals surface area contributed by atoms with E-state index in [2.05, 4.69) is 6.92 Å². The summed E-state index contributed by atoms with van der Waals surface area (Å²) in [6.07, 6.45) is 6.49. The lowest BCUT2D eigenvalue weighted by Crippen LogP contribution is -2.39. The molecule has 2 atom stereocenters. The average Bonchev–Trinajstić information content (AvgIpc) is 2.56. The second-order valence-corrected chi connectivity index (χ2v) is 6.89. The van der Waals surface area contributed by atoms with E-state index < -0.39 is 36.8 Å². The molecule has 0 aromatic rings. The first-order chi connectivity index (χ1) is 11.4. The molecular formula is C18H36O6. The van der Waals surface area contributed by atoms with Gasteiger partial charge in [-0.2, -0.15) is 0 Å². The molecule has 0 aromatic carbocycles. The van der Waals surface area contributed by atoms with Crippen molar-refractivity contribution < 1.29 is 30.3 Å². The quantitative estimate of drug-likeness (QED) is 0.273. The van der Waals surface area contributed by atoms with Crippen molar-refractivity contribution in [3.8, 4) is 0 Å². The van der Waals surface area contributed by atoms with Crippen molar-refractivity contribution in [2.45, 2.75) is 89.8 Å². The van der Waals surface area contributed by atoms with Gasteiger partial charge in [0.05, 0.1) is 30.8 Å². The average molecular weight is 348 g/mol. The fourth-order valence-electron chi connectivity index (χ4n) is 3.20. The highest BCUT2D eigenvalue weighted by Gasteiger charge is 2.41. The maximum absolute atomic E-state index is 11.8. The van der Waals surface area contributed by atoms with Crippen LogP contribution in [-0.2, 0) is 4.79 Å². The largest absolute Gasteiger partial charge is 0.481 e. The van der Waals surface area contributed by atoms with Crippen LogP contribution in [0.25, 0.3) is 0 Å². The molecule has 0 radical (unpaired) electrons. The van der Waals surface area contributed by atoms with E-state index in [1.54, 1.807) is 0 Å². The molecule has 0 spiro atoms. The van der Waals surface area contributed by atoms with E-state index in [4.69, 9.17) is 10.2 Å². The summed E-state index contributed by atoms with van der Waals surface area (Å²) in [4.78, 5) is 11.8. The molecule has 0 aromatic heterocycles. The van der Waals surface area contributed by atoms with Crippen molar-refractivity contribution in [1.29, 1.82) is 0 Å². The maximum atomic E-state index is 11.8. The zero-order valence-electron chi connectivity index (χ0n) is 15.0. The zero-order chi connectivity index (χ0) is 18.4. The van der Waals surface area contributed by atoms with Gasteiger partial charge in [0.2, 0.25) is 0 Å². The van der Waals surface area contributed by atoms with Crippen molar-refractivity contribution in [2.24, 2.45) is 5.41 Å². The molecule has 0 amide bonds. The number of carbonyl (C=O) groups is 1. The maximum Gasteiger partial charge on any atom is 0.309 e. The van der Waals surface area contributed by atoms with Crippen LogP contribution in [0.4, 0.5) is 0 Å². The molecule has 0 fully saturated rings. The second kappa shape index (κ2) is 13.6. The monoisotopic (exact) mass is 348 g/mol. The first-order valence-corrected chi connectivity index (χ1v) is 9.23. The van der Waals surface area contributed by atoms with Crippen LogP contribution in [0.2, 0.25) is 0 Å². The fourth-order valence-corrected chi connectivity index (χ4v) is 3.20. The first-order valence-electron chi connectivity index (χ1n) is 9.23. The fraction of sp³-hybridized carbons (Fsp3) is 0.944. The van der Waals surface area contributed by atoms with Gasteiger partial charge < -0.3 is 25.5 Å². The van der Waals surface area contributed by atoms with Gasteiger partial charge >= 0.3 is 5.97 Å². The minimum atomic E-state index is -1.31. The van der Waals surface area contributed by atoms with Crippen molar-refractivity contribution in [2.75, 3.05) is 13.2 Å². The van der Waals surface area contributed by atoms with Gasteiger partial charge in [-0.3, -0.25) is 4.79 Å². The van der Waals surface area contributed by atoms with Gasteiger partial charge in [0, 0.05) is 0 Å². The molecule has 0 saturated carbocycles. The van der Waals surface area contributed by atoms with E-state index in [0.717, 1.165) is 19.3 Å². The Hall–Kier alpha value is -0.690. The van der Waals surface area contributed by atoms with Crippen LogP contribution in [0.1, 0.15) is 77.6 Å². The molecule has 144 valence electrons. The standard InChI is InChI=1S/C18H36O6/c1-2-3-4-5-6-7-8-9-10-18(17(23)24,11-15(21)13-19)12-16(22)14-20/h15-16,19-22H,2-14H2,1H3,(H,23,24). The lowest BCUT2D eigenvalue weighted by atomic mass is 9.73. The second-order valence-electron chi connectivity index (χ2n) is 6.89. The Labute approximate surface area is 145 Å². The van der Waals surface area contributed by atoms with Crippen molar-refractivity contribution >= 4 is 5.97 Å². The number of hydrogen-bond donors (Lipinski definition) is 5. The normalized spacial score (nSPS) is 16.5. The highest BCUT2D eigenvalue weighted by atomic mass is 16.4. The predicted octanol–water partition coefficient (Wildman–Crippen LogP) is 2.07. The Morgan fingerprint density at radius 3 is 1.62 bits per heavy atom. The van der Waals surface area contributed by atoms with E-state index in [9.17, 15) is 20.1 Å². The third-order valence-electron chi connectivity index (χ3n) is 4.64. The van der Waals surface area contributed by atoms with Crippen molar-refractivity contribution in [3.63, 3.8) is 0 Å². The first kappa shape index (κ1) is 23.3. The minimum absolute atomic E-state index is 0.119. The summed E-state index contributed by atoms with van der Waals surface area (Å²) in [5.41, 5.74) is -1.31. The van der Waals surface area contributed by atoms with E-state index in [1.165, 1.54) is 25.7 Å². The highest BCUT2D eigenvalue weighted by molar-refractivity contribution is 5.74. The van der Waals surface area contributed by atoms with E-state index in [-0.39, 0.29) is 12.8 Å². The number of hydrogen-bond acceptors (Lipinski definition) is 5. The SMILES string of the molecule is CCCCCCCCCCC(CC(O)CO)(CC(O)CO)C(=O)O. The Morgan fingerprint density at radius 1 is 0.833 bits per heavy atom. The molecule has 0 heterocycles. The highest BCUT2D eigenvalue weighted by Crippen LogP contribution is 2.36. The van der Waals surface area contributed by atoms with Crippen LogP contribution in [-0.4, -0.2) is 56.9 Å². The molecule has 6 heteroatoms. The van der Waals surface area contributed by atoms with E-state index in [1.807, 2.05) is 0 Å². The van der Waals surface area contributed by atoms with Gasteiger partial charge in [0.25, 0.3) is 0 Å². The van der Waals surface area contributed by atoms with E-state index in [0.29, 0.717) is 12.8 Å². The number of aliphatic carboxylic acids is 1. The molecule has 0 rings (SSSR count). The molecule has 0 aliphatic carbocycles. The van der Waals surface area contributed by atoms with Gasteiger partial charge in [-0.15, -0.1) is 0 Å². The van der Waals surface area contributed by atoms with Gasteiger partial charge in [0.15, 0.2) is 0 Å². The van der Waals surface area contributed by atoms with Crippen LogP contribution in [0.3, 0.4) is 0 Å². The molecule has 0 bridgehead atoms. The number of unbranched alkanes of at least 4 members (excludes halogenated alkanes) is 7. The Balaban J connectivity index is 4.49. The Morgan fingerprint density at radius 2 is 1.25 bits per heavy atom. The molecule has 5 N–H and O–H groups in total. The van der Waals surface area contributed by atoms with E-state index >= 15 is 0 Å². The predicted molar refractivity (Wildman–Crippen MR) is 92.7 cm³/mol. The number of rotatable bonds is 16. The minimum Gasteiger partial charge on any atom is -0.481 e. The zero-order valence-corrected chi connectivity index (χ0v) is 15.0. The summed E-state index contributed by atoms with van der Waals surface area (Å²) in [6.45, 7) is 1.15. The summed E-state index contributed by atoms with van der Waals surface area (Å²) in [7, 11) is 0. The van der Waals surface area contributed by atoms with Gasteiger partial charge in [-0.1, -0.05) is 58.3 Å². The summed E-state index contributed by atoms with van der Waals surface area (Å²) in [6, 6.07) is 0. The third kappa shape index (κ3) is 9.57. The number of carboxylic acid groups (broad SMARTS) is 1. The Bertz CT molecular complexity index is 309. The number of carboxylic acids is 1. The van der Waals surface area contributed by atoms with Gasteiger partial charge in [-0.05, 0) is 19.3 Å². The number of aliphatic hydroxyl groups excluding tert-OH is 4. The summed E-state index contributed by atoms with van der Waals surface area (Å²) in [5, 5.41) is 47.1. The Kier molecular flexibility index (Phi) is 13.2. The topological polar surface area (TPSA) is 118 Å². The lowest BCUT2D eigenvalue weighted by molar-refractivity contribution is -0.155. The van der Waals surface area contributed by atoms with Gasteiger partial charge in [-0.25, -0.2) is 0 Å². The van der Waals surface area contributed by atoms with Crippen LogP contribution in [0.5, 0.6) is 0 Å². The molecular weight excluding hydrogens is 312 g/mol. The van der Waals surface area contributed by atoms with Crippen LogP contribution in [0, 0.1) is 5.41 Å². The summed E-state index contributed by atoms with van der Waals surface area (Å²) in [5.74, 6) is -1.09. The van der Waals surface area contributed by atoms with Crippen LogP contribution >= 0.6 is 0 Å².